The van der Waals surface area contributed by atoms with Crippen LogP contribution in [0.3, 0.4) is 0 Å². The lowest BCUT2D eigenvalue weighted by atomic mass is 9.96. The number of nitrogens with one attached hydrogen (secondary N) is 1. The predicted octanol–water partition coefficient (Wildman–Crippen LogP) is 0.621. The summed E-state index contributed by atoms with van der Waals surface area (Å²) in [5, 5.41) is 12.7. The number of nitrogens with two attached hydrogens (primary N) is 1. The topological polar surface area (TPSA) is 79.9 Å². The summed E-state index contributed by atoms with van der Waals surface area (Å²) in [5.74, 6) is 0.501. The second-order valence-corrected chi connectivity index (χ2v) is 4.64. The van der Waals surface area contributed by atoms with Gasteiger partial charge in [-0.1, -0.05) is 19.3 Å². The monoisotopic (exact) mass is 243 g/mol. The first kappa shape index (κ1) is 14.3. The molecule has 5 heteroatoms. The number of hydrogen-bond donors (Lipinski definition) is 3. The van der Waals surface area contributed by atoms with Crippen molar-refractivity contribution >= 4 is 5.96 Å². The molecule has 100 valence electrons. The molecular weight excluding hydrogens is 218 g/mol. The number of hydrogen-bond acceptors (Lipinski definition) is 3. The Hall–Kier alpha value is -0.810. The predicted molar refractivity (Wildman–Crippen MR) is 69.0 cm³/mol. The summed E-state index contributed by atoms with van der Waals surface area (Å²) in [6.07, 6.45) is 6.38. The van der Waals surface area contributed by atoms with E-state index in [4.69, 9.17) is 10.5 Å². The Labute approximate surface area is 103 Å². The van der Waals surface area contributed by atoms with E-state index in [-0.39, 0.29) is 0 Å². The van der Waals surface area contributed by atoms with Gasteiger partial charge in [0.2, 0.25) is 0 Å². The Balaban J connectivity index is 2.15. The van der Waals surface area contributed by atoms with Gasteiger partial charge in [-0.3, -0.25) is 4.99 Å². The summed E-state index contributed by atoms with van der Waals surface area (Å²) in [5.41, 5.74) is 5.79. The van der Waals surface area contributed by atoms with Crippen LogP contribution in [0.25, 0.3) is 0 Å². The maximum Gasteiger partial charge on any atom is 0.188 e. The van der Waals surface area contributed by atoms with Crippen LogP contribution in [0.15, 0.2) is 4.99 Å². The number of methoxy groups -OCH3 is 1. The molecule has 1 fully saturated rings. The van der Waals surface area contributed by atoms with Gasteiger partial charge in [0.25, 0.3) is 0 Å². The quantitative estimate of drug-likeness (QED) is 0.472. The van der Waals surface area contributed by atoms with Crippen molar-refractivity contribution in [2.75, 3.05) is 20.3 Å². The first-order chi connectivity index (χ1) is 8.22. The van der Waals surface area contributed by atoms with E-state index in [0.29, 0.717) is 31.6 Å². The third kappa shape index (κ3) is 6.48. The van der Waals surface area contributed by atoms with Gasteiger partial charge in [0, 0.05) is 19.7 Å². The van der Waals surface area contributed by atoms with Gasteiger partial charge in [0.05, 0.1) is 12.7 Å². The zero-order chi connectivity index (χ0) is 12.5. The average Bonchev–Trinajstić information content (AvgIpc) is 2.30. The molecule has 0 bridgehead atoms. The number of aliphatic hydroxyl groups is 1. The van der Waals surface area contributed by atoms with E-state index in [1.807, 2.05) is 0 Å². The Kier molecular flexibility index (Phi) is 6.96. The summed E-state index contributed by atoms with van der Waals surface area (Å²) in [6.45, 7) is 0.890. The van der Waals surface area contributed by atoms with Crippen LogP contribution in [0.5, 0.6) is 0 Å². The van der Waals surface area contributed by atoms with Crippen LogP contribution in [0.2, 0.25) is 0 Å². The Morgan fingerprint density at radius 1 is 1.47 bits per heavy atom. The van der Waals surface area contributed by atoms with E-state index in [1.165, 1.54) is 32.1 Å². The molecule has 0 aromatic rings. The minimum Gasteiger partial charge on any atom is -0.391 e. The van der Waals surface area contributed by atoms with E-state index < -0.39 is 6.10 Å². The van der Waals surface area contributed by atoms with Crippen LogP contribution in [0.1, 0.15) is 38.5 Å². The molecular formula is C12H25N3O2. The van der Waals surface area contributed by atoms with Crippen LogP contribution in [0, 0.1) is 0 Å². The van der Waals surface area contributed by atoms with Crippen LogP contribution in [-0.2, 0) is 4.74 Å². The van der Waals surface area contributed by atoms with E-state index in [1.54, 1.807) is 7.11 Å². The standard InChI is InChI=1S/C12H25N3O2/c1-17-9-11(16)7-8-14-12(13)15-10-5-3-2-4-6-10/h10-11,16H,2-9H2,1H3,(H3,13,14,15). The lowest BCUT2D eigenvalue weighted by molar-refractivity contribution is 0.0609. The smallest absolute Gasteiger partial charge is 0.188 e. The van der Waals surface area contributed by atoms with E-state index in [9.17, 15) is 5.11 Å². The normalized spacial score (nSPS) is 20.2. The molecule has 1 aliphatic rings. The zero-order valence-corrected chi connectivity index (χ0v) is 10.7. The number of guanidine groups is 1. The molecule has 0 aromatic heterocycles. The molecule has 1 atom stereocenters. The SMILES string of the molecule is COCC(O)CCN=C(N)NC1CCCCC1. The van der Waals surface area contributed by atoms with E-state index >= 15 is 0 Å². The molecule has 0 heterocycles. The molecule has 1 saturated carbocycles. The molecule has 1 aliphatic carbocycles. The number of aliphatic hydroxyl groups excluding tert-OH is 1. The third-order valence-corrected chi connectivity index (χ3v) is 3.06. The summed E-state index contributed by atoms with van der Waals surface area (Å²) >= 11 is 0. The average molecular weight is 243 g/mol. The lowest BCUT2D eigenvalue weighted by Crippen LogP contribution is -2.41. The van der Waals surface area contributed by atoms with Crippen molar-refractivity contribution in [3.63, 3.8) is 0 Å². The van der Waals surface area contributed by atoms with Gasteiger partial charge in [-0.25, -0.2) is 0 Å². The number of rotatable bonds is 6. The highest BCUT2D eigenvalue weighted by molar-refractivity contribution is 5.78. The third-order valence-electron chi connectivity index (χ3n) is 3.06. The molecule has 0 spiro atoms. The summed E-state index contributed by atoms with van der Waals surface area (Å²) in [7, 11) is 1.57. The fourth-order valence-electron chi connectivity index (χ4n) is 2.11. The van der Waals surface area contributed by atoms with Crippen molar-refractivity contribution in [1.29, 1.82) is 0 Å². The fourth-order valence-corrected chi connectivity index (χ4v) is 2.11. The summed E-state index contributed by atoms with van der Waals surface area (Å²) in [4.78, 5) is 4.21. The maximum atomic E-state index is 9.43. The number of nitrogens with zero attached hydrogens (tertiary/aromatic N) is 1. The van der Waals surface area contributed by atoms with Crippen molar-refractivity contribution in [2.24, 2.45) is 10.7 Å². The van der Waals surface area contributed by atoms with Gasteiger partial charge in [-0.2, -0.15) is 0 Å². The highest BCUT2D eigenvalue weighted by Crippen LogP contribution is 2.16. The summed E-state index contributed by atoms with van der Waals surface area (Å²) in [6, 6.07) is 0.483. The van der Waals surface area contributed by atoms with Crippen molar-refractivity contribution in [1.82, 2.24) is 5.32 Å². The highest BCUT2D eigenvalue weighted by Gasteiger charge is 2.13. The van der Waals surface area contributed by atoms with Gasteiger partial charge in [-0.05, 0) is 19.3 Å². The minimum absolute atomic E-state index is 0.353. The van der Waals surface area contributed by atoms with Crippen LogP contribution >= 0.6 is 0 Å². The van der Waals surface area contributed by atoms with Crippen molar-refractivity contribution in [3.8, 4) is 0 Å². The summed E-state index contributed by atoms with van der Waals surface area (Å²) < 4.78 is 4.84. The van der Waals surface area contributed by atoms with Crippen LogP contribution in [0.4, 0.5) is 0 Å². The Bertz CT molecular complexity index is 228. The van der Waals surface area contributed by atoms with Crippen molar-refractivity contribution in [3.05, 3.63) is 0 Å². The number of aliphatic imine (C=N–C) groups is 1. The molecule has 0 aliphatic heterocycles. The van der Waals surface area contributed by atoms with Gasteiger partial charge in [0.1, 0.15) is 0 Å². The first-order valence-electron chi connectivity index (χ1n) is 6.46. The number of ether oxygens (including phenoxy) is 1. The van der Waals surface area contributed by atoms with Crippen molar-refractivity contribution < 1.29 is 9.84 Å². The first-order valence-corrected chi connectivity index (χ1v) is 6.46. The molecule has 0 amide bonds. The molecule has 17 heavy (non-hydrogen) atoms. The highest BCUT2D eigenvalue weighted by atomic mass is 16.5. The molecule has 4 N–H and O–H groups in total. The minimum atomic E-state index is -0.453. The fraction of sp³-hybridized carbons (Fsp3) is 0.917. The maximum absolute atomic E-state index is 9.43. The van der Waals surface area contributed by atoms with Gasteiger partial charge in [-0.15, -0.1) is 0 Å². The van der Waals surface area contributed by atoms with Gasteiger partial charge < -0.3 is 20.9 Å². The second kappa shape index (κ2) is 8.31. The second-order valence-electron chi connectivity index (χ2n) is 4.64. The van der Waals surface area contributed by atoms with Crippen molar-refractivity contribution in [2.45, 2.75) is 50.7 Å². The van der Waals surface area contributed by atoms with E-state index in [0.717, 1.165) is 0 Å². The van der Waals surface area contributed by atoms with Gasteiger partial charge >= 0.3 is 0 Å². The van der Waals surface area contributed by atoms with E-state index in [2.05, 4.69) is 10.3 Å². The Morgan fingerprint density at radius 3 is 2.82 bits per heavy atom. The van der Waals surface area contributed by atoms with Crippen LogP contribution < -0.4 is 11.1 Å². The molecule has 5 nitrogen and oxygen atoms in total. The lowest BCUT2D eigenvalue weighted by Gasteiger charge is -2.23. The van der Waals surface area contributed by atoms with Crippen LogP contribution in [-0.4, -0.2) is 43.5 Å². The molecule has 0 saturated heterocycles. The van der Waals surface area contributed by atoms with Gasteiger partial charge in [0.15, 0.2) is 5.96 Å². The molecule has 1 unspecified atom stereocenters. The molecule has 1 rings (SSSR count). The largest absolute Gasteiger partial charge is 0.391 e. The Morgan fingerprint density at radius 2 is 2.18 bits per heavy atom. The molecule has 0 radical (unpaired) electrons. The zero-order valence-electron chi connectivity index (χ0n) is 10.7. The molecule has 0 aromatic carbocycles.